The molecule has 16 heavy (non-hydrogen) atoms. The smallest absolute Gasteiger partial charge is 0.0587 e. The lowest BCUT2D eigenvalue weighted by molar-refractivity contribution is 0.244. The third-order valence-electron chi connectivity index (χ3n) is 2.40. The molecular formula is C13H18ClNO. The maximum Gasteiger partial charge on any atom is 0.0587 e. The van der Waals surface area contributed by atoms with E-state index >= 15 is 0 Å². The standard InChI is InChI=1S/C13H18ClNO/c1-11(8-14)9-15-13(10-16)7-12-5-3-2-4-6-12/h2-6,8,13,15-16H,7,9-10H2,1H3/b11-8-. The summed E-state index contributed by atoms with van der Waals surface area (Å²) in [6.45, 7) is 2.79. The fraction of sp³-hybridized carbons (Fsp3) is 0.385. The number of rotatable bonds is 6. The Morgan fingerprint density at radius 1 is 1.44 bits per heavy atom. The largest absolute Gasteiger partial charge is 0.395 e. The molecule has 0 amide bonds. The van der Waals surface area contributed by atoms with Crippen molar-refractivity contribution in [3.8, 4) is 0 Å². The van der Waals surface area contributed by atoms with Crippen LogP contribution < -0.4 is 5.32 Å². The Labute approximate surface area is 102 Å². The van der Waals surface area contributed by atoms with Gasteiger partial charge in [-0.1, -0.05) is 41.9 Å². The van der Waals surface area contributed by atoms with Crippen molar-refractivity contribution in [3.63, 3.8) is 0 Å². The highest BCUT2D eigenvalue weighted by molar-refractivity contribution is 6.25. The van der Waals surface area contributed by atoms with Crippen molar-refractivity contribution in [1.82, 2.24) is 5.32 Å². The van der Waals surface area contributed by atoms with Gasteiger partial charge in [0, 0.05) is 18.1 Å². The number of benzene rings is 1. The van der Waals surface area contributed by atoms with Crippen LogP contribution in [0.1, 0.15) is 12.5 Å². The van der Waals surface area contributed by atoms with E-state index in [2.05, 4.69) is 17.4 Å². The molecule has 0 radical (unpaired) electrons. The van der Waals surface area contributed by atoms with Gasteiger partial charge in [-0.3, -0.25) is 0 Å². The Balaban J connectivity index is 2.43. The first-order valence-electron chi connectivity index (χ1n) is 5.40. The van der Waals surface area contributed by atoms with Crippen molar-refractivity contribution >= 4 is 11.6 Å². The second kappa shape index (κ2) is 7.44. The molecule has 0 fully saturated rings. The fourth-order valence-electron chi connectivity index (χ4n) is 1.44. The van der Waals surface area contributed by atoms with Gasteiger partial charge in [-0.25, -0.2) is 0 Å². The van der Waals surface area contributed by atoms with Gasteiger partial charge in [-0.05, 0) is 24.5 Å². The van der Waals surface area contributed by atoms with E-state index in [-0.39, 0.29) is 12.6 Å². The van der Waals surface area contributed by atoms with Crippen molar-refractivity contribution in [2.75, 3.05) is 13.2 Å². The molecular weight excluding hydrogens is 222 g/mol. The zero-order valence-corrected chi connectivity index (χ0v) is 10.2. The van der Waals surface area contributed by atoms with Crippen LogP contribution in [0.25, 0.3) is 0 Å². The number of hydrogen-bond donors (Lipinski definition) is 2. The zero-order valence-electron chi connectivity index (χ0n) is 9.49. The molecule has 0 aliphatic rings. The van der Waals surface area contributed by atoms with Crippen molar-refractivity contribution in [1.29, 1.82) is 0 Å². The summed E-state index contributed by atoms with van der Waals surface area (Å²) in [5.74, 6) is 0. The first kappa shape index (κ1) is 13.2. The quantitative estimate of drug-likeness (QED) is 0.799. The third kappa shape index (κ3) is 4.79. The molecule has 1 atom stereocenters. The molecule has 1 aromatic carbocycles. The Bertz CT molecular complexity index is 324. The average Bonchev–Trinajstić information content (AvgIpc) is 2.35. The molecule has 0 bridgehead atoms. The third-order valence-corrected chi connectivity index (χ3v) is 2.77. The second-order valence-electron chi connectivity index (χ2n) is 3.91. The summed E-state index contributed by atoms with van der Waals surface area (Å²) in [6.07, 6.45) is 0.826. The average molecular weight is 240 g/mol. The van der Waals surface area contributed by atoms with E-state index in [1.54, 1.807) is 5.54 Å². The van der Waals surface area contributed by atoms with Crippen molar-refractivity contribution in [3.05, 3.63) is 47.0 Å². The molecule has 0 aliphatic heterocycles. The highest BCUT2D eigenvalue weighted by Gasteiger charge is 2.07. The molecule has 0 aliphatic carbocycles. The summed E-state index contributed by atoms with van der Waals surface area (Å²) in [5, 5.41) is 12.5. The van der Waals surface area contributed by atoms with E-state index in [9.17, 15) is 5.11 Å². The molecule has 0 spiro atoms. The van der Waals surface area contributed by atoms with Gasteiger partial charge in [-0.2, -0.15) is 0 Å². The maximum absolute atomic E-state index is 9.26. The van der Waals surface area contributed by atoms with Crippen LogP contribution in [0.15, 0.2) is 41.4 Å². The summed E-state index contributed by atoms with van der Waals surface area (Å²) in [4.78, 5) is 0. The summed E-state index contributed by atoms with van der Waals surface area (Å²) in [6, 6.07) is 10.2. The Hall–Kier alpha value is -0.830. The van der Waals surface area contributed by atoms with Gasteiger partial charge in [0.2, 0.25) is 0 Å². The molecule has 1 rings (SSSR count). The van der Waals surface area contributed by atoms with Crippen molar-refractivity contribution in [2.24, 2.45) is 0 Å². The molecule has 88 valence electrons. The van der Waals surface area contributed by atoms with Gasteiger partial charge < -0.3 is 10.4 Å². The van der Waals surface area contributed by atoms with Crippen LogP contribution in [0.3, 0.4) is 0 Å². The molecule has 0 saturated carbocycles. The normalized spacial score (nSPS) is 13.8. The lowest BCUT2D eigenvalue weighted by atomic mass is 10.1. The number of halogens is 1. The minimum Gasteiger partial charge on any atom is -0.395 e. The monoisotopic (exact) mass is 239 g/mol. The molecule has 0 heterocycles. The van der Waals surface area contributed by atoms with E-state index in [0.717, 1.165) is 12.0 Å². The van der Waals surface area contributed by atoms with E-state index in [4.69, 9.17) is 11.6 Å². The first-order chi connectivity index (χ1) is 7.76. The summed E-state index contributed by atoms with van der Waals surface area (Å²) in [5.41, 5.74) is 3.85. The topological polar surface area (TPSA) is 32.3 Å². The summed E-state index contributed by atoms with van der Waals surface area (Å²) in [7, 11) is 0. The number of aliphatic hydroxyl groups excluding tert-OH is 1. The molecule has 1 aromatic rings. The van der Waals surface area contributed by atoms with Crippen LogP contribution in [0.5, 0.6) is 0 Å². The van der Waals surface area contributed by atoms with Crippen LogP contribution >= 0.6 is 11.6 Å². The van der Waals surface area contributed by atoms with Gasteiger partial charge in [0.25, 0.3) is 0 Å². The van der Waals surface area contributed by atoms with E-state index in [1.165, 1.54) is 5.56 Å². The lowest BCUT2D eigenvalue weighted by Gasteiger charge is -2.16. The van der Waals surface area contributed by atoms with Crippen molar-refractivity contribution < 1.29 is 5.11 Å². The number of hydrogen-bond acceptors (Lipinski definition) is 2. The van der Waals surface area contributed by atoms with E-state index < -0.39 is 0 Å². The second-order valence-corrected chi connectivity index (χ2v) is 4.12. The van der Waals surface area contributed by atoms with Crippen LogP contribution in [-0.4, -0.2) is 24.3 Å². The lowest BCUT2D eigenvalue weighted by Crippen LogP contribution is -2.35. The zero-order chi connectivity index (χ0) is 11.8. The minimum absolute atomic E-state index is 0.0777. The van der Waals surface area contributed by atoms with Crippen LogP contribution in [0.2, 0.25) is 0 Å². The maximum atomic E-state index is 9.26. The van der Waals surface area contributed by atoms with Crippen LogP contribution in [0, 0.1) is 0 Å². The summed E-state index contributed by atoms with van der Waals surface area (Å²) < 4.78 is 0. The van der Waals surface area contributed by atoms with Gasteiger partial charge in [0.15, 0.2) is 0 Å². The first-order valence-corrected chi connectivity index (χ1v) is 5.84. The highest BCUT2D eigenvalue weighted by Crippen LogP contribution is 2.03. The summed E-state index contributed by atoms with van der Waals surface area (Å²) >= 11 is 5.57. The van der Waals surface area contributed by atoms with Gasteiger partial charge in [0.1, 0.15) is 0 Å². The van der Waals surface area contributed by atoms with E-state index in [1.807, 2.05) is 25.1 Å². The molecule has 0 saturated heterocycles. The number of nitrogens with one attached hydrogen (secondary N) is 1. The van der Waals surface area contributed by atoms with Crippen LogP contribution in [0.4, 0.5) is 0 Å². The van der Waals surface area contributed by atoms with Gasteiger partial charge in [0.05, 0.1) is 6.61 Å². The predicted octanol–water partition coefficient (Wildman–Crippen LogP) is 2.32. The van der Waals surface area contributed by atoms with Gasteiger partial charge in [-0.15, -0.1) is 0 Å². The van der Waals surface area contributed by atoms with Crippen molar-refractivity contribution in [2.45, 2.75) is 19.4 Å². The molecule has 0 aromatic heterocycles. The Morgan fingerprint density at radius 3 is 2.69 bits per heavy atom. The molecule has 3 heteroatoms. The molecule has 2 N–H and O–H groups in total. The fourth-order valence-corrected chi connectivity index (χ4v) is 1.52. The Morgan fingerprint density at radius 2 is 2.12 bits per heavy atom. The number of aliphatic hydroxyl groups is 1. The van der Waals surface area contributed by atoms with Crippen LogP contribution in [-0.2, 0) is 6.42 Å². The highest BCUT2D eigenvalue weighted by atomic mass is 35.5. The SMILES string of the molecule is C/C(=C/Cl)CNC(CO)Cc1ccccc1. The molecule has 1 unspecified atom stereocenters. The minimum atomic E-state index is 0.0777. The molecule has 2 nitrogen and oxygen atoms in total. The predicted molar refractivity (Wildman–Crippen MR) is 68.6 cm³/mol. The van der Waals surface area contributed by atoms with E-state index in [0.29, 0.717) is 6.54 Å². The Kier molecular flexibility index (Phi) is 6.16. The van der Waals surface area contributed by atoms with Gasteiger partial charge >= 0.3 is 0 Å².